The van der Waals surface area contributed by atoms with Gasteiger partial charge in [0.25, 0.3) is 0 Å². The first kappa shape index (κ1) is 14.0. The lowest BCUT2D eigenvalue weighted by Crippen LogP contribution is -2.62. The smallest absolute Gasteiger partial charge is 0.0249 e. The van der Waals surface area contributed by atoms with Crippen molar-refractivity contribution in [1.82, 2.24) is 10.2 Å². The molecule has 1 fully saturated rings. The van der Waals surface area contributed by atoms with Crippen molar-refractivity contribution in [1.29, 1.82) is 0 Å². The summed E-state index contributed by atoms with van der Waals surface area (Å²) >= 11 is 0. The minimum absolute atomic E-state index is 0.442. The van der Waals surface area contributed by atoms with Gasteiger partial charge in [0, 0.05) is 31.2 Å². The summed E-state index contributed by atoms with van der Waals surface area (Å²) in [4.78, 5) is 2.80. The van der Waals surface area contributed by atoms with E-state index in [0.717, 1.165) is 12.5 Å². The highest BCUT2D eigenvalue weighted by Crippen LogP contribution is 2.32. The van der Waals surface area contributed by atoms with Crippen LogP contribution in [-0.4, -0.2) is 36.1 Å². The van der Waals surface area contributed by atoms with E-state index >= 15 is 0 Å². The molecule has 1 aliphatic heterocycles. The largest absolute Gasteiger partial charge is 0.314 e. The number of rotatable bonds is 5. The first-order valence-electron chi connectivity index (χ1n) is 7.08. The van der Waals surface area contributed by atoms with E-state index in [1.807, 2.05) is 0 Å². The van der Waals surface area contributed by atoms with E-state index in [0.29, 0.717) is 11.6 Å². The third-order valence-corrected chi connectivity index (χ3v) is 4.64. The lowest BCUT2D eigenvalue weighted by Gasteiger charge is -2.51. The zero-order chi connectivity index (χ0) is 12.2. The molecule has 0 aromatic heterocycles. The molecule has 0 bridgehead atoms. The van der Waals surface area contributed by atoms with E-state index in [1.54, 1.807) is 0 Å². The molecule has 1 atom stereocenters. The lowest BCUT2D eigenvalue weighted by atomic mass is 9.83. The highest BCUT2D eigenvalue weighted by atomic mass is 15.3. The molecule has 1 saturated heterocycles. The number of hydrogen-bond acceptors (Lipinski definition) is 2. The third kappa shape index (κ3) is 2.60. The Labute approximate surface area is 102 Å². The Balaban J connectivity index is 2.87. The standard InChI is InChI=1S/C14H30N2/c1-6-14(7-2,8-3)16-10-9-15-11-13(16)12(4)5/h12-13,15H,6-11H2,1-5H3. The monoisotopic (exact) mass is 226 g/mol. The molecule has 1 aliphatic rings. The van der Waals surface area contributed by atoms with E-state index < -0.39 is 0 Å². The van der Waals surface area contributed by atoms with Gasteiger partial charge in [-0.15, -0.1) is 0 Å². The zero-order valence-electron chi connectivity index (χ0n) is 11.8. The zero-order valence-corrected chi connectivity index (χ0v) is 11.8. The fourth-order valence-corrected chi connectivity index (χ4v) is 3.27. The van der Waals surface area contributed by atoms with Crippen LogP contribution in [0.2, 0.25) is 0 Å². The molecule has 0 aromatic carbocycles. The number of hydrogen-bond donors (Lipinski definition) is 1. The summed E-state index contributed by atoms with van der Waals surface area (Å²) in [5, 5.41) is 3.55. The Hall–Kier alpha value is -0.0800. The van der Waals surface area contributed by atoms with E-state index in [-0.39, 0.29) is 0 Å². The molecule has 0 saturated carbocycles. The fourth-order valence-electron chi connectivity index (χ4n) is 3.27. The van der Waals surface area contributed by atoms with E-state index in [2.05, 4.69) is 44.8 Å². The van der Waals surface area contributed by atoms with Gasteiger partial charge in [-0.25, -0.2) is 0 Å². The third-order valence-electron chi connectivity index (χ3n) is 4.64. The van der Waals surface area contributed by atoms with Gasteiger partial charge in [-0.1, -0.05) is 34.6 Å². The van der Waals surface area contributed by atoms with Crippen LogP contribution in [0, 0.1) is 5.92 Å². The molecule has 0 spiro atoms. The SMILES string of the molecule is CCC(CC)(CC)N1CCNCC1C(C)C. The van der Waals surface area contributed by atoms with E-state index in [1.165, 1.54) is 32.4 Å². The molecule has 96 valence electrons. The molecule has 1 N–H and O–H groups in total. The lowest BCUT2D eigenvalue weighted by molar-refractivity contribution is -0.00291. The van der Waals surface area contributed by atoms with Crippen LogP contribution in [0.25, 0.3) is 0 Å². The Morgan fingerprint density at radius 2 is 1.75 bits per heavy atom. The first-order valence-corrected chi connectivity index (χ1v) is 7.08. The van der Waals surface area contributed by atoms with Gasteiger partial charge in [0.1, 0.15) is 0 Å². The molecule has 0 aliphatic carbocycles. The second kappa shape index (κ2) is 6.02. The van der Waals surface area contributed by atoms with Crippen molar-refractivity contribution in [2.75, 3.05) is 19.6 Å². The number of nitrogens with zero attached hydrogens (tertiary/aromatic N) is 1. The van der Waals surface area contributed by atoms with Crippen molar-refractivity contribution in [2.45, 2.75) is 65.5 Å². The van der Waals surface area contributed by atoms with Crippen molar-refractivity contribution >= 4 is 0 Å². The maximum absolute atomic E-state index is 3.55. The minimum atomic E-state index is 0.442. The van der Waals surface area contributed by atoms with Crippen molar-refractivity contribution in [3.63, 3.8) is 0 Å². The molecule has 1 heterocycles. The summed E-state index contributed by atoms with van der Waals surface area (Å²) in [6, 6.07) is 0.716. The van der Waals surface area contributed by atoms with Gasteiger partial charge in [0.2, 0.25) is 0 Å². The highest BCUT2D eigenvalue weighted by Gasteiger charge is 2.38. The summed E-state index contributed by atoms with van der Waals surface area (Å²) in [5.74, 6) is 0.747. The summed E-state index contributed by atoms with van der Waals surface area (Å²) in [7, 11) is 0. The second-order valence-electron chi connectivity index (χ2n) is 5.49. The maximum atomic E-state index is 3.55. The van der Waals surface area contributed by atoms with Crippen LogP contribution in [-0.2, 0) is 0 Å². The van der Waals surface area contributed by atoms with Crippen LogP contribution in [0.4, 0.5) is 0 Å². The van der Waals surface area contributed by atoms with Gasteiger partial charge in [-0.05, 0) is 25.2 Å². The predicted molar refractivity (Wildman–Crippen MR) is 71.8 cm³/mol. The molecule has 1 rings (SSSR count). The Morgan fingerprint density at radius 1 is 1.19 bits per heavy atom. The molecule has 0 aromatic rings. The molecule has 2 heteroatoms. The summed E-state index contributed by atoms with van der Waals surface area (Å²) in [6.07, 6.45) is 3.84. The Bertz CT molecular complexity index is 189. The predicted octanol–water partition coefficient (Wildman–Crippen LogP) is 2.89. The van der Waals surface area contributed by atoms with Gasteiger partial charge < -0.3 is 5.32 Å². The second-order valence-corrected chi connectivity index (χ2v) is 5.49. The van der Waals surface area contributed by atoms with E-state index in [4.69, 9.17) is 0 Å². The average molecular weight is 226 g/mol. The number of nitrogens with one attached hydrogen (secondary N) is 1. The minimum Gasteiger partial charge on any atom is -0.314 e. The van der Waals surface area contributed by atoms with Crippen molar-refractivity contribution in [3.8, 4) is 0 Å². The fraction of sp³-hybridized carbons (Fsp3) is 1.00. The van der Waals surface area contributed by atoms with Gasteiger partial charge in [0.15, 0.2) is 0 Å². The molecular formula is C14H30N2. The van der Waals surface area contributed by atoms with Crippen LogP contribution in [0.15, 0.2) is 0 Å². The quantitative estimate of drug-likeness (QED) is 0.775. The van der Waals surface area contributed by atoms with E-state index in [9.17, 15) is 0 Å². The summed E-state index contributed by atoms with van der Waals surface area (Å²) < 4.78 is 0. The van der Waals surface area contributed by atoms with Crippen LogP contribution < -0.4 is 5.32 Å². The van der Waals surface area contributed by atoms with Gasteiger partial charge >= 0.3 is 0 Å². The van der Waals surface area contributed by atoms with Crippen LogP contribution in [0.1, 0.15) is 53.9 Å². The summed E-state index contributed by atoms with van der Waals surface area (Å²) in [6.45, 7) is 15.3. The van der Waals surface area contributed by atoms with Gasteiger partial charge in [-0.3, -0.25) is 4.90 Å². The van der Waals surface area contributed by atoms with Crippen LogP contribution in [0.5, 0.6) is 0 Å². The Kier molecular flexibility index (Phi) is 5.26. The summed E-state index contributed by atoms with van der Waals surface area (Å²) in [5.41, 5.74) is 0.442. The van der Waals surface area contributed by atoms with Crippen molar-refractivity contribution < 1.29 is 0 Å². The Morgan fingerprint density at radius 3 is 2.19 bits per heavy atom. The molecule has 16 heavy (non-hydrogen) atoms. The normalized spacial score (nSPS) is 24.0. The topological polar surface area (TPSA) is 15.3 Å². The molecule has 1 unspecified atom stereocenters. The first-order chi connectivity index (χ1) is 7.61. The molecular weight excluding hydrogens is 196 g/mol. The van der Waals surface area contributed by atoms with Crippen LogP contribution >= 0.6 is 0 Å². The van der Waals surface area contributed by atoms with Crippen molar-refractivity contribution in [2.24, 2.45) is 5.92 Å². The molecule has 0 amide bonds. The average Bonchev–Trinajstić information content (AvgIpc) is 2.32. The molecule has 0 radical (unpaired) electrons. The van der Waals surface area contributed by atoms with Crippen molar-refractivity contribution in [3.05, 3.63) is 0 Å². The maximum Gasteiger partial charge on any atom is 0.0249 e. The number of piperazine rings is 1. The molecule has 2 nitrogen and oxygen atoms in total. The highest BCUT2D eigenvalue weighted by molar-refractivity contribution is 4.95. The van der Waals surface area contributed by atoms with Gasteiger partial charge in [-0.2, -0.15) is 0 Å². The van der Waals surface area contributed by atoms with Crippen LogP contribution in [0.3, 0.4) is 0 Å². The van der Waals surface area contributed by atoms with Gasteiger partial charge in [0.05, 0.1) is 0 Å².